The number of carbonyl (C=O) groups is 1. The van der Waals surface area contributed by atoms with E-state index in [9.17, 15) is 4.79 Å². The monoisotopic (exact) mass is 285 g/mol. The van der Waals surface area contributed by atoms with Crippen molar-refractivity contribution in [2.75, 3.05) is 11.9 Å². The molecule has 1 N–H and O–H groups in total. The molecule has 0 spiro atoms. The Balaban J connectivity index is 1.87. The van der Waals surface area contributed by atoms with Gasteiger partial charge >= 0.3 is 0 Å². The van der Waals surface area contributed by atoms with Crippen LogP contribution >= 0.6 is 15.9 Å². The number of aryl methyl sites for hydroxylation is 1. The second-order valence-corrected chi connectivity index (χ2v) is 5.35. The molecular formula is C12H16BrNO2. The minimum absolute atomic E-state index is 0.0941. The molecule has 1 amide bonds. The minimum Gasteiger partial charge on any atom is -0.459 e. The molecule has 0 aromatic carbocycles. The summed E-state index contributed by atoms with van der Waals surface area (Å²) in [6.45, 7) is 2.64. The number of furan rings is 1. The molecule has 0 unspecified atom stereocenters. The summed E-state index contributed by atoms with van der Waals surface area (Å²) in [5.41, 5.74) is 1.24. The zero-order valence-electron chi connectivity index (χ0n) is 9.38. The van der Waals surface area contributed by atoms with Crippen molar-refractivity contribution < 1.29 is 9.21 Å². The van der Waals surface area contributed by atoms with Gasteiger partial charge in [0.2, 0.25) is 0 Å². The molecule has 0 atom stereocenters. The Labute approximate surface area is 104 Å². The number of amides is 1. The number of carbonyl (C=O) groups excluding carboxylic acids is 1. The molecule has 0 bridgehead atoms. The molecule has 88 valence electrons. The lowest BCUT2D eigenvalue weighted by Gasteiger charge is -2.13. The van der Waals surface area contributed by atoms with Gasteiger partial charge in [-0.15, -0.1) is 0 Å². The average molecular weight is 286 g/mol. The van der Waals surface area contributed by atoms with Crippen LogP contribution in [0.4, 0.5) is 0 Å². The molecule has 4 heteroatoms. The fourth-order valence-electron chi connectivity index (χ4n) is 1.85. The summed E-state index contributed by atoms with van der Waals surface area (Å²) in [5.74, 6) is 0.345. The second kappa shape index (κ2) is 4.62. The maximum absolute atomic E-state index is 11.8. The number of rotatable bonds is 5. The lowest BCUT2D eigenvalue weighted by atomic mass is 10.0. The smallest absolute Gasteiger partial charge is 0.287 e. The Morgan fingerprint density at radius 2 is 2.38 bits per heavy atom. The maximum Gasteiger partial charge on any atom is 0.287 e. The quantitative estimate of drug-likeness (QED) is 0.846. The van der Waals surface area contributed by atoms with Crippen LogP contribution in [0, 0.1) is 12.3 Å². The molecule has 1 aliphatic carbocycles. The van der Waals surface area contributed by atoms with E-state index in [-0.39, 0.29) is 5.91 Å². The van der Waals surface area contributed by atoms with Gasteiger partial charge in [-0.05, 0) is 37.7 Å². The fourth-order valence-corrected chi connectivity index (χ4v) is 2.69. The van der Waals surface area contributed by atoms with Crippen LogP contribution in [0.15, 0.2) is 16.7 Å². The summed E-state index contributed by atoms with van der Waals surface area (Å²) in [6, 6.07) is 1.81. The van der Waals surface area contributed by atoms with Crippen molar-refractivity contribution in [3.63, 3.8) is 0 Å². The van der Waals surface area contributed by atoms with Crippen LogP contribution in [0.3, 0.4) is 0 Å². The first-order valence-corrected chi connectivity index (χ1v) is 6.67. The average Bonchev–Trinajstić information content (AvgIpc) is 2.89. The standard InChI is InChI=1S/C12H16BrNO2/c1-9-2-7-16-10(9)11(15)14-8-12(3-4-12)5-6-13/h2,7H,3-6,8H2,1H3,(H,14,15). The molecule has 0 aliphatic heterocycles. The summed E-state index contributed by atoms with van der Waals surface area (Å²) in [7, 11) is 0. The Hall–Kier alpha value is -0.770. The van der Waals surface area contributed by atoms with Crippen molar-refractivity contribution >= 4 is 21.8 Å². The molecule has 1 heterocycles. The first kappa shape index (κ1) is 11.7. The summed E-state index contributed by atoms with van der Waals surface area (Å²) in [6.07, 6.45) is 5.12. The lowest BCUT2D eigenvalue weighted by Crippen LogP contribution is -2.30. The van der Waals surface area contributed by atoms with Gasteiger partial charge in [-0.3, -0.25) is 4.79 Å². The van der Waals surface area contributed by atoms with Crippen molar-refractivity contribution in [1.82, 2.24) is 5.32 Å². The van der Waals surface area contributed by atoms with E-state index < -0.39 is 0 Å². The van der Waals surface area contributed by atoms with Gasteiger partial charge in [0.05, 0.1) is 6.26 Å². The van der Waals surface area contributed by atoms with Gasteiger partial charge in [0.15, 0.2) is 5.76 Å². The molecule has 2 rings (SSSR count). The molecule has 1 aliphatic rings. The van der Waals surface area contributed by atoms with Gasteiger partial charge in [0.25, 0.3) is 5.91 Å². The first-order chi connectivity index (χ1) is 7.67. The van der Waals surface area contributed by atoms with E-state index in [4.69, 9.17) is 4.42 Å². The molecule has 16 heavy (non-hydrogen) atoms. The third-order valence-electron chi connectivity index (χ3n) is 3.27. The largest absolute Gasteiger partial charge is 0.459 e. The van der Waals surface area contributed by atoms with E-state index in [1.807, 2.05) is 6.92 Å². The second-order valence-electron chi connectivity index (χ2n) is 4.55. The van der Waals surface area contributed by atoms with Gasteiger partial charge in [-0.2, -0.15) is 0 Å². The van der Waals surface area contributed by atoms with Crippen molar-refractivity contribution in [1.29, 1.82) is 0 Å². The molecular weight excluding hydrogens is 270 g/mol. The van der Waals surface area contributed by atoms with Crippen LogP contribution in [0.2, 0.25) is 0 Å². The third-order valence-corrected chi connectivity index (χ3v) is 3.67. The first-order valence-electron chi connectivity index (χ1n) is 5.55. The summed E-state index contributed by atoms with van der Waals surface area (Å²) in [5, 5.41) is 3.96. The SMILES string of the molecule is Cc1ccoc1C(=O)NCC1(CCBr)CC1. The van der Waals surface area contributed by atoms with Gasteiger partial charge in [-0.25, -0.2) is 0 Å². The Kier molecular flexibility index (Phi) is 3.38. The van der Waals surface area contributed by atoms with Crippen molar-refractivity contribution in [3.8, 4) is 0 Å². The van der Waals surface area contributed by atoms with Gasteiger partial charge < -0.3 is 9.73 Å². The highest BCUT2D eigenvalue weighted by molar-refractivity contribution is 9.09. The van der Waals surface area contributed by atoms with Crippen molar-refractivity contribution in [2.24, 2.45) is 5.41 Å². The Morgan fingerprint density at radius 3 is 2.88 bits per heavy atom. The molecule has 1 saturated carbocycles. The molecule has 0 saturated heterocycles. The molecule has 1 aromatic heterocycles. The number of nitrogens with one attached hydrogen (secondary N) is 1. The highest BCUT2D eigenvalue weighted by atomic mass is 79.9. The summed E-state index contributed by atoms with van der Waals surface area (Å²) < 4.78 is 5.15. The van der Waals surface area contributed by atoms with Crippen LogP contribution < -0.4 is 5.32 Å². The van der Waals surface area contributed by atoms with E-state index in [1.54, 1.807) is 12.3 Å². The van der Waals surface area contributed by atoms with Crippen molar-refractivity contribution in [3.05, 3.63) is 23.7 Å². The van der Waals surface area contributed by atoms with Crippen LogP contribution in [-0.4, -0.2) is 17.8 Å². The Morgan fingerprint density at radius 1 is 1.62 bits per heavy atom. The number of alkyl halides is 1. The molecule has 1 aromatic rings. The number of hydrogen-bond donors (Lipinski definition) is 1. The van der Waals surface area contributed by atoms with E-state index in [0.29, 0.717) is 11.2 Å². The summed E-state index contributed by atoms with van der Waals surface area (Å²) in [4.78, 5) is 11.8. The third kappa shape index (κ3) is 2.48. The zero-order valence-corrected chi connectivity index (χ0v) is 11.0. The van der Waals surface area contributed by atoms with Gasteiger partial charge in [0, 0.05) is 17.4 Å². The van der Waals surface area contributed by atoms with Crippen LogP contribution in [0.5, 0.6) is 0 Å². The summed E-state index contributed by atoms with van der Waals surface area (Å²) >= 11 is 3.45. The van der Waals surface area contributed by atoms with Gasteiger partial charge in [-0.1, -0.05) is 15.9 Å². The van der Waals surface area contributed by atoms with Crippen LogP contribution in [0.25, 0.3) is 0 Å². The van der Waals surface area contributed by atoms with E-state index in [0.717, 1.165) is 23.9 Å². The maximum atomic E-state index is 11.8. The highest BCUT2D eigenvalue weighted by Crippen LogP contribution is 2.48. The normalized spacial score (nSPS) is 17.1. The topological polar surface area (TPSA) is 42.2 Å². The molecule has 3 nitrogen and oxygen atoms in total. The zero-order chi connectivity index (χ0) is 11.6. The predicted molar refractivity (Wildman–Crippen MR) is 65.9 cm³/mol. The Bertz CT molecular complexity index is 382. The van der Waals surface area contributed by atoms with E-state index >= 15 is 0 Å². The number of hydrogen-bond acceptors (Lipinski definition) is 2. The van der Waals surface area contributed by atoms with Crippen LogP contribution in [0.1, 0.15) is 35.4 Å². The highest BCUT2D eigenvalue weighted by Gasteiger charge is 2.41. The molecule has 1 fully saturated rings. The van der Waals surface area contributed by atoms with Crippen molar-refractivity contribution in [2.45, 2.75) is 26.2 Å². The minimum atomic E-state index is -0.0941. The predicted octanol–water partition coefficient (Wildman–Crippen LogP) is 2.88. The van der Waals surface area contributed by atoms with E-state index in [1.165, 1.54) is 12.8 Å². The molecule has 0 radical (unpaired) electrons. The lowest BCUT2D eigenvalue weighted by molar-refractivity contribution is 0.0916. The fraction of sp³-hybridized carbons (Fsp3) is 0.583. The van der Waals surface area contributed by atoms with Crippen LogP contribution in [-0.2, 0) is 0 Å². The van der Waals surface area contributed by atoms with Gasteiger partial charge in [0.1, 0.15) is 0 Å². The van der Waals surface area contributed by atoms with E-state index in [2.05, 4.69) is 21.2 Å². The number of halogens is 1.